The van der Waals surface area contributed by atoms with Crippen LogP contribution in [0.1, 0.15) is 0 Å². The minimum Gasteiger partial charge on any atom is -0.265 e. The van der Waals surface area contributed by atoms with Gasteiger partial charge in [0.15, 0.2) is 5.52 Å². The summed E-state index contributed by atoms with van der Waals surface area (Å²) in [6.45, 7) is 0. The van der Waals surface area contributed by atoms with Gasteiger partial charge in [0.25, 0.3) is 0 Å². The molecule has 0 spiro atoms. The zero-order chi connectivity index (χ0) is 11.0. The van der Waals surface area contributed by atoms with E-state index in [-0.39, 0.29) is 5.56 Å². The quantitative estimate of drug-likeness (QED) is 0.638. The lowest BCUT2D eigenvalue weighted by molar-refractivity contribution is 0.818. The zero-order valence-electron chi connectivity index (χ0n) is 8.16. The van der Waals surface area contributed by atoms with Crippen molar-refractivity contribution in [3.63, 3.8) is 0 Å². The molecule has 1 N–H and O–H groups in total. The average Bonchev–Trinajstić information content (AvgIpc) is 2.80. The van der Waals surface area contributed by atoms with Gasteiger partial charge in [-0.15, -0.1) is 0 Å². The van der Waals surface area contributed by atoms with Crippen LogP contribution in [-0.4, -0.2) is 25.2 Å². The predicted octanol–water partition coefficient (Wildman–Crippen LogP) is 0.504. The van der Waals surface area contributed by atoms with Crippen molar-refractivity contribution in [2.75, 3.05) is 0 Å². The SMILES string of the molecule is O=c1c2n[nH]nc2cnn1-c1ccccc1. The van der Waals surface area contributed by atoms with Crippen LogP contribution in [0.25, 0.3) is 16.7 Å². The van der Waals surface area contributed by atoms with Crippen LogP contribution in [0.4, 0.5) is 0 Å². The Morgan fingerprint density at radius 1 is 1.12 bits per heavy atom. The Morgan fingerprint density at radius 2 is 1.94 bits per heavy atom. The molecule has 0 aliphatic heterocycles. The third kappa shape index (κ3) is 1.20. The predicted molar refractivity (Wildman–Crippen MR) is 57.3 cm³/mol. The molecule has 3 aromatic rings. The number of hydrogen-bond donors (Lipinski definition) is 1. The molecular formula is C10H7N5O. The van der Waals surface area contributed by atoms with Gasteiger partial charge in [-0.1, -0.05) is 18.2 Å². The number of rotatable bonds is 1. The molecule has 0 saturated heterocycles. The molecule has 0 amide bonds. The summed E-state index contributed by atoms with van der Waals surface area (Å²) in [5.74, 6) is 0. The van der Waals surface area contributed by atoms with E-state index in [1.807, 2.05) is 18.2 Å². The van der Waals surface area contributed by atoms with Gasteiger partial charge in [-0.25, -0.2) is 0 Å². The molecule has 0 bridgehead atoms. The van der Waals surface area contributed by atoms with Gasteiger partial charge in [0.1, 0.15) is 5.52 Å². The largest absolute Gasteiger partial charge is 0.301 e. The summed E-state index contributed by atoms with van der Waals surface area (Å²) in [6.07, 6.45) is 1.51. The average molecular weight is 213 g/mol. The fraction of sp³-hybridized carbons (Fsp3) is 0. The molecule has 0 atom stereocenters. The Morgan fingerprint density at radius 3 is 2.75 bits per heavy atom. The van der Waals surface area contributed by atoms with Gasteiger partial charge in [-0.3, -0.25) is 4.79 Å². The highest BCUT2D eigenvalue weighted by molar-refractivity contribution is 5.70. The standard InChI is InChI=1S/C10H7N5O/c16-10-9-8(12-14-13-9)6-11-15(10)7-4-2-1-3-5-7/h1-6H,(H,12,13,14). The van der Waals surface area contributed by atoms with Crippen molar-refractivity contribution in [2.24, 2.45) is 0 Å². The van der Waals surface area contributed by atoms with Crippen molar-refractivity contribution in [3.05, 3.63) is 46.9 Å². The minimum atomic E-state index is -0.280. The summed E-state index contributed by atoms with van der Waals surface area (Å²) >= 11 is 0. The zero-order valence-corrected chi connectivity index (χ0v) is 8.16. The van der Waals surface area contributed by atoms with Gasteiger partial charge < -0.3 is 0 Å². The lowest BCUT2D eigenvalue weighted by atomic mass is 10.3. The number of fused-ring (bicyclic) bond motifs is 1. The fourth-order valence-electron chi connectivity index (χ4n) is 1.50. The molecule has 0 radical (unpaired) electrons. The Hall–Kier alpha value is -2.50. The van der Waals surface area contributed by atoms with Crippen LogP contribution in [0.3, 0.4) is 0 Å². The van der Waals surface area contributed by atoms with Crippen LogP contribution in [0.5, 0.6) is 0 Å². The van der Waals surface area contributed by atoms with Gasteiger partial charge in [-0.05, 0) is 12.1 Å². The van der Waals surface area contributed by atoms with Crippen molar-refractivity contribution >= 4 is 11.0 Å². The van der Waals surface area contributed by atoms with Crippen LogP contribution in [0.2, 0.25) is 0 Å². The first-order valence-corrected chi connectivity index (χ1v) is 4.70. The number of nitrogens with zero attached hydrogens (tertiary/aromatic N) is 4. The summed E-state index contributed by atoms with van der Waals surface area (Å²) < 4.78 is 1.30. The fourth-order valence-corrected chi connectivity index (χ4v) is 1.50. The van der Waals surface area contributed by atoms with Gasteiger partial charge in [0.05, 0.1) is 11.9 Å². The molecule has 2 heterocycles. The molecule has 0 saturated carbocycles. The van der Waals surface area contributed by atoms with E-state index >= 15 is 0 Å². The van der Waals surface area contributed by atoms with Crippen molar-refractivity contribution in [1.82, 2.24) is 25.2 Å². The van der Waals surface area contributed by atoms with E-state index in [9.17, 15) is 4.79 Å². The van der Waals surface area contributed by atoms with Crippen molar-refractivity contribution in [1.29, 1.82) is 0 Å². The number of hydrogen-bond acceptors (Lipinski definition) is 4. The van der Waals surface area contributed by atoms with E-state index in [0.717, 1.165) is 0 Å². The number of aromatic nitrogens is 5. The molecular weight excluding hydrogens is 206 g/mol. The number of benzene rings is 1. The summed E-state index contributed by atoms with van der Waals surface area (Å²) in [5.41, 5.74) is 1.19. The van der Waals surface area contributed by atoms with Crippen LogP contribution >= 0.6 is 0 Å². The second-order valence-electron chi connectivity index (χ2n) is 3.25. The van der Waals surface area contributed by atoms with Gasteiger partial charge in [-0.2, -0.15) is 25.2 Å². The molecule has 6 heteroatoms. The maximum atomic E-state index is 12.0. The van der Waals surface area contributed by atoms with E-state index in [1.165, 1.54) is 10.9 Å². The van der Waals surface area contributed by atoms with E-state index in [4.69, 9.17) is 0 Å². The summed E-state index contributed by atoms with van der Waals surface area (Å²) in [7, 11) is 0. The molecule has 16 heavy (non-hydrogen) atoms. The van der Waals surface area contributed by atoms with Gasteiger partial charge >= 0.3 is 5.56 Å². The monoisotopic (exact) mass is 213 g/mol. The minimum absolute atomic E-state index is 0.280. The highest BCUT2D eigenvalue weighted by atomic mass is 16.1. The van der Waals surface area contributed by atoms with E-state index in [0.29, 0.717) is 16.7 Å². The Labute approximate surface area is 89.5 Å². The molecule has 0 unspecified atom stereocenters. The molecule has 0 fully saturated rings. The summed E-state index contributed by atoms with van der Waals surface area (Å²) in [4.78, 5) is 12.0. The molecule has 0 aliphatic rings. The topological polar surface area (TPSA) is 76.5 Å². The first kappa shape index (κ1) is 8.78. The van der Waals surface area contributed by atoms with Gasteiger partial charge in [0.2, 0.25) is 0 Å². The van der Waals surface area contributed by atoms with Crippen LogP contribution in [-0.2, 0) is 0 Å². The van der Waals surface area contributed by atoms with E-state index in [1.54, 1.807) is 12.1 Å². The second-order valence-corrected chi connectivity index (χ2v) is 3.25. The molecule has 6 nitrogen and oxygen atoms in total. The van der Waals surface area contributed by atoms with Crippen LogP contribution < -0.4 is 5.56 Å². The lowest BCUT2D eigenvalue weighted by Gasteiger charge is -2.01. The van der Waals surface area contributed by atoms with Gasteiger partial charge in [0, 0.05) is 0 Å². The highest BCUT2D eigenvalue weighted by Gasteiger charge is 2.08. The smallest absolute Gasteiger partial charge is 0.265 e. The maximum absolute atomic E-state index is 12.0. The first-order valence-electron chi connectivity index (χ1n) is 4.70. The van der Waals surface area contributed by atoms with E-state index < -0.39 is 0 Å². The molecule has 78 valence electrons. The third-order valence-electron chi connectivity index (χ3n) is 2.27. The molecule has 1 aromatic carbocycles. The number of para-hydroxylation sites is 1. The number of aromatic amines is 1. The van der Waals surface area contributed by atoms with Crippen molar-refractivity contribution in [2.45, 2.75) is 0 Å². The number of nitrogens with one attached hydrogen (secondary N) is 1. The Balaban J connectivity index is 2.33. The summed E-state index contributed by atoms with van der Waals surface area (Å²) in [6, 6.07) is 9.18. The Bertz CT molecular complexity index is 685. The lowest BCUT2D eigenvalue weighted by Crippen LogP contribution is -2.20. The molecule has 0 aliphatic carbocycles. The third-order valence-corrected chi connectivity index (χ3v) is 2.27. The normalized spacial score (nSPS) is 10.8. The maximum Gasteiger partial charge on any atom is 0.301 e. The summed E-state index contributed by atoms with van der Waals surface area (Å²) in [5, 5.41) is 14.0. The van der Waals surface area contributed by atoms with Crippen molar-refractivity contribution in [3.8, 4) is 5.69 Å². The highest BCUT2D eigenvalue weighted by Crippen LogP contribution is 2.04. The van der Waals surface area contributed by atoms with Crippen LogP contribution in [0, 0.1) is 0 Å². The first-order chi connectivity index (χ1) is 7.86. The second kappa shape index (κ2) is 3.27. The molecule has 3 rings (SSSR count). The van der Waals surface area contributed by atoms with Crippen LogP contribution in [0.15, 0.2) is 41.3 Å². The molecule has 2 aromatic heterocycles. The van der Waals surface area contributed by atoms with Crippen molar-refractivity contribution < 1.29 is 0 Å². The number of H-pyrrole nitrogens is 1. The van der Waals surface area contributed by atoms with E-state index in [2.05, 4.69) is 20.5 Å². The Kier molecular flexibility index (Phi) is 1.79.